The average Bonchev–Trinajstić information content (AvgIpc) is 2.34. The summed E-state index contributed by atoms with van der Waals surface area (Å²) < 4.78 is 0. The van der Waals surface area contributed by atoms with Gasteiger partial charge in [0, 0.05) is 12.0 Å². The van der Waals surface area contributed by atoms with Gasteiger partial charge in [0.1, 0.15) is 6.61 Å². The van der Waals surface area contributed by atoms with Crippen LogP contribution in [0.15, 0.2) is 35.5 Å². The molecule has 0 atom stereocenters. The largest absolute Gasteiger partial charge is 0.481 e. The Balaban J connectivity index is 2.46. The smallest absolute Gasteiger partial charge is 0.303 e. The van der Waals surface area contributed by atoms with Crippen LogP contribution in [0.1, 0.15) is 18.4 Å². The Bertz CT molecular complexity index is 400. The van der Waals surface area contributed by atoms with Crippen molar-refractivity contribution in [2.24, 2.45) is 5.16 Å². The van der Waals surface area contributed by atoms with Gasteiger partial charge < -0.3 is 9.94 Å². The van der Waals surface area contributed by atoms with Gasteiger partial charge in [-0.05, 0) is 6.42 Å². The standard InChI is InChI=1S/C12H12NO4/c14-9-11(10-5-2-1-3-6-10)13-17-8-4-7-12(15)16/h1-3,5-6H,4,7-8H2,(H,15,16)/b13-11+. The highest BCUT2D eigenvalue weighted by Gasteiger charge is 2.03. The normalized spacial score (nSPS) is 10.9. The molecular weight excluding hydrogens is 222 g/mol. The molecule has 5 heteroatoms. The zero-order valence-corrected chi connectivity index (χ0v) is 9.13. The molecule has 0 aliphatic heterocycles. The minimum Gasteiger partial charge on any atom is -0.481 e. The lowest BCUT2D eigenvalue weighted by Crippen LogP contribution is -2.04. The van der Waals surface area contributed by atoms with E-state index in [4.69, 9.17) is 9.94 Å². The minimum absolute atomic E-state index is 0.0149. The van der Waals surface area contributed by atoms with Crippen LogP contribution in [0, 0.1) is 0 Å². The first-order chi connectivity index (χ1) is 8.24. The molecule has 1 aromatic carbocycles. The Morgan fingerprint density at radius 1 is 1.35 bits per heavy atom. The molecule has 89 valence electrons. The number of aliphatic carboxylic acids is 1. The fourth-order valence-corrected chi connectivity index (χ4v) is 1.12. The molecule has 0 amide bonds. The minimum atomic E-state index is -0.886. The van der Waals surface area contributed by atoms with Crippen molar-refractivity contribution in [3.63, 3.8) is 0 Å². The zero-order chi connectivity index (χ0) is 12.5. The Morgan fingerprint density at radius 2 is 2.06 bits per heavy atom. The van der Waals surface area contributed by atoms with Gasteiger partial charge in [0.15, 0.2) is 5.71 Å². The lowest BCUT2D eigenvalue weighted by Gasteiger charge is -2.00. The highest BCUT2D eigenvalue weighted by atomic mass is 16.6. The molecule has 0 unspecified atom stereocenters. The first kappa shape index (κ1) is 12.9. The van der Waals surface area contributed by atoms with Crippen LogP contribution >= 0.6 is 0 Å². The van der Waals surface area contributed by atoms with Crippen LogP contribution in [0.25, 0.3) is 0 Å². The fourth-order valence-electron chi connectivity index (χ4n) is 1.12. The number of nitrogens with zero attached hydrogens (tertiary/aromatic N) is 1. The van der Waals surface area contributed by atoms with Gasteiger partial charge in [-0.25, -0.2) is 0 Å². The van der Waals surface area contributed by atoms with Crippen LogP contribution in [0.5, 0.6) is 0 Å². The third kappa shape index (κ3) is 4.92. The maximum absolute atomic E-state index is 10.6. The Hall–Kier alpha value is -2.17. The average molecular weight is 234 g/mol. The molecule has 0 aromatic heterocycles. The fraction of sp³-hybridized carbons (Fsp3) is 0.250. The summed E-state index contributed by atoms with van der Waals surface area (Å²) in [4.78, 5) is 25.7. The number of carboxylic acid groups (broad SMARTS) is 1. The maximum Gasteiger partial charge on any atom is 0.303 e. The Kier molecular flexibility index (Phi) is 5.43. The molecule has 0 aliphatic carbocycles. The topological polar surface area (TPSA) is 76.0 Å². The molecule has 1 radical (unpaired) electrons. The summed E-state index contributed by atoms with van der Waals surface area (Å²) >= 11 is 0. The van der Waals surface area contributed by atoms with Crippen molar-refractivity contribution in [2.45, 2.75) is 12.8 Å². The molecule has 0 saturated heterocycles. The molecule has 0 bridgehead atoms. The molecule has 0 aliphatic rings. The summed E-state index contributed by atoms with van der Waals surface area (Å²) in [7, 11) is 0. The number of oxime groups is 1. The number of benzene rings is 1. The second kappa shape index (κ2) is 7.16. The van der Waals surface area contributed by atoms with Gasteiger partial charge in [0.05, 0.1) is 0 Å². The molecule has 0 heterocycles. The molecule has 0 fully saturated rings. The van der Waals surface area contributed by atoms with Crippen LogP contribution in [-0.2, 0) is 14.4 Å². The molecule has 0 saturated carbocycles. The molecule has 1 aromatic rings. The Labute approximate surface area is 98.7 Å². The van der Waals surface area contributed by atoms with Gasteiger partial charge in [0.2, 0.25) is 0 Å². The summed E-state index contributed by atoms with van der Waals surface area (Å²) in [5.74, 6) is -0.886. The summed E-state index contributed by atoms with van der Waals surface area (Å²) in [6.07, 6.45) is 2.04. The molecule has 17 heavy (non-hydrogen) atoms. The number of hydrogen-bond donors (Lipinski definition) is 1. The van der Waals surface area contributed by atoms with Crippen LogP contribution in [0.4, 0.5) is 0 Å². The highest BCUT2D eigenvalue weighted by molar-refractivity contribution is 6.36. The van der Waals surface area contributed by atoms with E-state index in [0.717, 1.165) is 0 Å². The van der Waals surface area contributed by atoms with Crippen molar-refractivity contribution >= 4 is 18.0 Å². The van der Waals surface area contributed by atoms with E-state index in [9.17, 15) is 9.59 Å². The quantitative estimate of drug-likeness (QED) is 0.439. The number of hydrogen-bond acceptors (Lipinski definition) is 4. The van der Waals surface area contributed by atoms with E-state index in [1.807, 2.05) is 6.07 Å². The van der Waals surface area contributed by atoms with E-state index in [2.05, 4.69) is 5.16 Å². The number of carbonyl (C=O) groups excluding carboxylic acids is 1. The molecule has 0 spiro atoms. The van der Waals surface area contributed by atoms with Crippen LogP contribution in [-0.4, -0.2) is 29.7 Å². The lowest BCUT2D eigenvalue weighted by molar-refractivity contribution is -0.137. The lowest BCUT2D eigenvalue weighted by atomic mass is 10.1. The number of carbonyl (C=O) groups is 1. The van der Waals surface area contributed by atoms with Gasteiger partial charge in [0.25, 0.3) is 6.29 Å². The first-order valence-corrected chi connectivity index (χ1v) is 5.09. The summed E-state index contributed by atoms with van der Waals surface area (Å²) in [6, 6.07) is 8.79. The zero-order valence-electron chi connectivity index (χ0n) is 9.13. The first-order valence-electron chi connectivity index (χ1n) is 5.09. The van der Waals surface area contributed by atoms with E-state index in [0.29, 0.717) is 12.0 Å². The molecule has 1 rings (SSSR count). The van der Waals surface area contributed by atoms with E-state index in [1.165, 1.54) is 0 Å². The van der Waals surface area contributed by atoms with Crippen molar-refractivity contribution in [1.82, 2.24) is 0 Å². The number of rotatable bonds is 7. The summed E-state index contributed by atoms with van der Waals surface area (Å²) in [5.41, 5.74) is 0.682. The third-order valence-electron chi connectivity index (χ3n) is 1.93. The van der Waals surface area contributed by atoms with Crippen molar-refractivity contribution < 1.29 is 19.5 Å². The summed E-state index contributed by atoms with van der Waals surface area (Å²) in [6.45, 7) is 0.157. The Morgan fingerprint density at radius 3 is 2.65 bits per heavy atom. The van der Waals surface area contributed by atoms with Gasteiger partial charge in [-0.2, -0.15) is 0 Å². The van der Waals surface area contributed by atoms with Crippen molar-refractivity contribution in [2.75, 3.05) is 6.61 Å². The van der Waals surface area contributed by atoms with Crippen molar-refractivity contribution in [1.29, 1.82) is 0 Å². The third-order valence-corrected chi connectivity index (χ3v) is 1.93. The predicted octanol–water partition coefficient (Wildman–Crippen LogP) is 1.38. The summed E-state index contributed by atoms with van der Waals surface area (Å²) in [5, 5.41) is 12.0. The maximum atomic E-state index is 10.6. The van der Waals surface area contributed by atoms with E-state index >= 15 is 0 Å². The van der Waals surface area contributed by atoms with Crippen LogP contribution in [0.2, 0.25) is 0 Å². The van der Waals surface area contributed by atoms with E-state index in [1.54, 1.807) is 30.6 Å². The molecule has 5 nitrogen and oxygen atoms in total. The monoisotopic (exact) mass is 234 g/mol. The molecular formula is C12H12NO4. The number of carboxylic acids is 1. The van der Waals surface area contributed by atoms with Gasteiger partial charge in [-0.1, -0.05) is 35.5 Å². The van der Waals surface area contributed by atoms with Crippen molar-refractivity contribution in [3.05, 3.63) is 35.9 Å². The second-order valence-corrected chi connectivity index (χ2v) is 3.24. The highest BCUT2D eigenvalue weighted by Crippen LogP contribution is 2.00. The van der Waals surface area contributed by atoms with E-state index < -0.39 is 5.97 Å². The van der Waals surface area contributed by atoms with E-state index in [-0.39, 0.29) is 18.7 Å². The second-order valence-electron chi connectivity index (χ2n) is 3.24. The van der Waals surface area contributed by atoms with Gasteiger partial charge in [-0.15, -0.1) is 0 Å². The van der Waals surface area contributed by atoms with Crippen LogP contribution in [0.3, 0.4) is 0 Å². The van der Waals surface area contributed by atoms with Crippen molar-refractivity contribution in [3.8, 4) is 0 Å². The molecule has 1 N–H and O–H groups in total. The SMILES string of the molecule is O=[C]/C(=N\OCCCC(=O)O)c1ccccc1. The van der Waals surface area contributed by atoms with Gasteiger partial charge in [-0.3, -0.25) is 9.59 Å². The van der Waals surface area contributed by atoms with Crippen LogP contribution < -0.4 is 0 Å². The van der Waals surface area contributed by atoms with Gasteiger partial charge >= 0.3 is 5.97 Å². The predicted molar refractivity (Wildman–Crippen MR) is 61.5 cm³/mol.